The molecule has 2 aromatic rings. The minimum Gasteiger partial charge on any atom is -0.325 e. The quantitative estimate of drug-likeness (QED) is 0.766. The number of hydrogen-bond donors (Lipinski definition) is 1. The second-order valence-corrected chi connectivity index (χ2v) is 6.31. The van der Waals surface area contributed by atoms with Crippen molar-refractivity contribution in [3.8, 4) is 11.4 Å². The van der Waals surface area contributed by atoms with E-state index in [0.717, 1.165) is 50.2 Å². The molecule has 144 valence electrons. The van der Waals surface area contributed by atoms with E-state index < -0.39 is 17.6 Å². The first-order valence-electron chi connectivity index (χ1n) is 8.60. The fraction of sp³-hybridized carbons (Fsp3) is 0.389. The molecule has 3 rings (SSSR count). The molecule has 0 aliphatic carbocycles. The topological polar surface area (TPSA) is 58.1 Å². The van der Waals surface area contributed by atoms with Gasteiger partial charge in [0.1, 0.15) is 0 Å². The van der Waals surface area contributed by atoms with Gasteiger partial charge in [-0.1, -0.05) is 12.8 Å². The Balaban J connectivity index is 1.89. The second-order valence-electron chi connectivity index (χ2n) is 6.31. The molecule has 1 aromatic carbocycles. The number of alkyl halides is 3. The number of likely N-dealkylation sites (tertiary alicyclic amines) is 1. The summed E-state index contributed by atoms with van der Waals surface area (Å²) in [7, 11) is 0. The van der Waals surface area contributed by atoms with Crippen LogP contribution >= 0.6 is 0 Å². The minimum absolute atomic E-state index is 0.195. The lowest BCUT2D eigenvalue weighted by atomic mass is 10.1. The summed E-state index contributed by atoms with van der Waals surface area (Å²) in [6, 6.07) is 2.85. The summed E-state index contributed by atoms with van der Waals surface area (Å²) in [6.45, 7) is 1.22. The van der Waals surface area contributed by atoms with E-state index >= 15 is 0 Å². The van der Waals surface area contributed by atoms with Crippen LogP contribution in [0, 0.1) is 5.82 Å². The number of aromatic nitrogens is 2. The Bertz CT molecular complexity index is 800. The summed E-state index contributed by atoms with van der Waals surface area (Å²) in [5, 5.41) is 2.63. The molecule has 1 N–H and O–H groups in total. The van der Waals surface area contributed by atoms with Gasteiger partial charge in [0.2, 0.25) is 0 Å². The number of carbonyl (C=O) groups is 1. The molecule has 0 bridgehead atoms. The molecule has 1 aliphatic heterocycles. The van der Waals surface area contributed by atoms with Gasteiger partial charge in [0.25, 0.3) is 0 Å². The monoisotopic (exact) mass is 382 g/mol. The Hall–Kier alpha value is -2.71. The number of halogens is 4. The number of anilines is 1. The van der Waals surface area contributed by atoms with Gasteiger partial charge in [0.05, 0.1) is 18.0 Å². The Morgan fingerprint density at radius 3 is 2.26 bits per heavy atom. The Morgan fingerprint density at radius 2 is 1.67 bits per heavy atom. The molecule has 0 saturated carbocycles. The number of urea groups is 1. The highest BCUT2D eigenvalue weighted by molar-refractivity contribution is 5.90. The number of nitrogens with zero attached hydrogens (tertiary/aromatic N) is 3. The lowest BCUT2D eigenvalue weighted by Crippen LogP contribution is -2.35. The van der Waals surface area contributed by atoms with Crippen LogP contribution in [0.4, 0.5) is 28.0 Å². The zero-order chi connectivity index (χ0) is 19.4. The van der Waals surface area contributed by atoms with E-state index in [4.69, 9.17) is 0 Å². The normalized spacial score (nSPS) is 15.3. The van der Waals surface area contributed by atoms with Gasteiger partial charge >= 0.3 is 12.2 Å². The van der Waals surface area contributed by atoms with Crippen LogP contribution in [0.2, 0.25) is 0 Å². The molecule has 1 fully saturated rings. The molecule has 5 nitrogen and oxygen atoms in total. The van der Waals surface area contributed by atoms with E-state index in [1.165, 1.54) is 6.07 Å². The third kappa shape index (κ3) is 4.72. The number of amides is 2. The minimum atomic E-state index is -4.64. The molecule has 1 aromatic heterocycles. The number of hydrogen-bond acceptors (Lipinski definition) is 3. The lowest BCUT2D eigenvalue weighted by molar-refractivity contribution is -0.137. The summed E-state index contributed by atoms with van der Waals surface area (Å²) < 4.78 is 53.0. The standard InChI is InChI=1S/C18H18F4N4O/c19-12-10-23-16(24-11-12)14-9-13(5-6-15(14)18(20,21)22)25-17(27)26-7-3-1-2-4-8-26/h5-6,9-11H,1-4,7-8H2,(H,25,27). The van der Waals surface area contributed by atoms with Gasteiger partial charge in [-0.2, -0.15) is 13.2 Å². The van der Waals surface area contributed by atoms with Crippen LogP contribution in [0.3, 0.4) is 0 Å². The number of benzene rings is 1. The van der Waals surface area contributed by atoms with E-state index in [0.29, 0.717) is 13.1 Å². The Kier molecular flexibility index (Phi) is 5.57. The van der Waals surface area contributed by atoms with E-state index in [1.807, 2.05) is 0 Å². The van der Waals surface area contributed by atoms with Crippen molar-refractivity contribution in [2.24, 2.45) is 0 Å². The SMILES string of the molecule is O=C(Nc1ccc(C(F)(F)F)c(-c2ncc(F)cn2)c1)N1CCCCCC1. The molecule has 2 heterocycles. The predicted molar refractivity (Wildman–Crippen MR) is 91.5 cm³/mol. The fourth-order valence-electron chi connectivity index (χ4n) is 2.98. The maximum Gasteiger partial charge on any atom is 0.417 e. The van der Waals surface area contributed by atoms with Crippen molar-refractivity contribution in [2.75, 3.05) is 18.4 Å². The molecule has 0 spiro atoms. The third-order valence-corrected chi connectivity index (χ3v) is 4.33. The van der Waals surface area contributed by atoms with Crippen molar-refractivity contribution in [1.29, 1.82) is 0 Å². The van der Waals surface area contributed by atoms with Crippen LogP contribution in [0.1, 0.15) is 31.2 Å². The molecule has 0 unspecified atom stereocenters. The van der Waals surface area contributed by atoms with Gasteiger partial charge in [0.15, 0.2) is 11.6 Å². The zero-order valence-electron chi connectivity index (χ0n) is 14.4. The number of nitrogens with one attached hydrogen (secondary N) is 1. The summed E-state index contributed by atoms with van der Waals surface area (Å²) in [5.74, 6) is -1.02. The molecule has 1 aliphatic rings. The largest absolute Gasteiger partial charge is 0.417 e. The average Bonchev–Trinajstić information content (AvgIpc) is 2.91. The lowest BCUT2D eigenvalue weighted by Gasteiger charge is -2.21. The maximum absolute atomic E-state index is 13.3. The van der Waals surface area contributed by atoms with Crippen molar-refractivity contribution in [1.82, 2.24) is 14.9 Å². The molecule has 1 saturated heterocycles. The van der Waals surface area contributed by atoms with Crippen LogP contribution in [0.5, 0.6) is 0 Å². The smallest absolute Gasteiger partial charge is 0.325 e. The maximum atomic E-state index is 13.3. The van der Waals surface area contributed by atoms with Crippen LogP contribution < -0.4 is 5.32 Å². The van der Waals surface area contributed by atoms with E-state index in [2.05, 4.69) is 15.3 Å². The van der Waals surface area contributed by atoms with E-state index in [-0.39, 0.29) is 23.1 Å². The van der Waals surface area contributed by atoms with Gasteiger partial charge in [-0.15, -0.1) is 0 Å². The van der Waals surface area contributed by atoms with Gasteiger partial charge in [-0.25, -0.2) is 19.2 Å². The van der Waals surface area contributed by atoms with Crippen molar-refractivity contribution < 1.29 is 22.4 Å². The first kappa shape index (κ1) is 19.1. The molecule has 2 amide bonds. The van der Waals surface area contributed by atoms with Crippen molar-refractivity contribution in [3.63, 3.8) is 0 Å². The summed E-state index contributed by atoms with van der Waals surface area (Å²) >= 11 is 0. The molecular weight excluding hydrogens is 364 g/mol. The Morgan fingerprint density at radius 1 is 1.04 bits per heavy atom. The first-order valence-corrected chi connectivity index (χ1v) is 8.60. The fourth-order valence-corrected chi connectivity index (χ4v) is 2.98. The second kappa shape index (κ2) is 7.89. The van der Waals surface area contributed by atoms with Gasteiger partial charge in [-0.05, 0) is 31.0 Å². The van der Waals surface area contributed by atoms with Crippen molar-refractivity contribution in [3.05, 3.63) is 42.0 Å². The van der Waals surface area contributed by atoms with E-state index in [9.17, 15) is 22.4 Å². The molecule has 27 heavy (non-hydrogen) atoms. The van der Waals surface area contributed by atoms with Crippen LogP contribution in [0.25, 0.3) is 11.4 Å². The van der Waals surface area contributed by atoms with Gasteiger partial charge in [-0.3, -0.25) is 0 Å². The highest BCUT2D eigenvalue weighted by atomic mass is 19.4. The Labute approximate surface area is 153 Å². The predicted octanol–water partition coefficient (Wildman–Crippen LogP) is 4.71. The summed E-state index contributed by atoms with van der Waals surface area (Å²) in [4.78, 5) is 21.3. The average molecular weight is 382 g/mol. The van der Waals surface area contributed by atoms with E-state index in [1.54, 1.807) is 4.90 Å². The zero-order valence-corrected chi connectivity index (χ0v) is 14.4. The molecule has 0 radical (unpaired) electrons. The molecular formula is C18H18F4N4O. The van der Waals surface area contributed by atoms with Gasteiger partial charge < -0.3 is 10.2 Å². The first-order chi connectivity index (χ1) is 12.8. The molecule has 0 atom stereocenters. The van der Waals surface area contributed by atoms with Crippen molar-refractivity contribution >= 4 is 11.7 Å². The summed E-state index contributed by atoms with van der Waals surface area (Å²) in [5.41, 5.74) is -1.08. The highest BCUT2D eigenvalue weighted by Crippen LogP contribution is 2.37. The highest BCUT2D eigenvalue weighted by Gasteiger charge is 2.34. The summed E-state index contributed by atoms with van der Waals surface area (Å²) in [6.07, 6.45) is 0.854. The van der Waals surface area contributed by atoms with Crippen molar-refractivity contribution in [2.45, 2.75) is 31.9 Å². The number of rotatable bonds is 2. The van der Waals surface area contributed by atoms with Crippen LogP contribution in [-0.4, -0.2) is 34.0 Å². The van der Waals surface area contributed by atoms with Gasteiger partial charge in [0, 0.05) is 24.3 Å². The third-order valence-electron chi connectivity index (χ3n) is 4.33. The van der Waals surface area contributed by atoms with Crippen LogP contribution in [0.15, 0.2) is 30.6 Å². The molecule has 9 heteroatoms. The number of carbonyl (C=O) groups excluding carboxylic acids is 1. The van der Waals surface area contributed by atoms with Crippen LogP contribution in [-0.2, 0) is 6.18 Å².